The summed E-state index contributed by atoms with van der Waals surface area (Å²) >= 11 is 0. The fourth-order valence-corrected chi connectivity index (χ4v) is 4.38. The Morgan fingerprint density at radius 1 is 1.06 bits per heavy atom. The van der Waals surface area contributed by atoms with Gasteiger partial charge in [-0.15, -0.1) is 0 Å². The maximum Gasteiger partial charge on any atom is 0.278 e. The van der Waals surface area contributed by atoms with Gasteiger partial charge in [-0.3, -0.25) is 9.59 Å². The number of nitrogens with zero attached hydrogens (tertiary/aromatic N) is 4. The molecule has 0 unspecified atom stereocenters. The minimum Gasteiger partial charge on any atom is -0.497 e. The molecule has 2 aromatic heterocycles. The lowest BCUT2D eigenvalue weighted by Crippen LogP contribution is -2.39. The zero-order valence-corrected chi connectivity index (χ0v) is 21.2. The predicted molar refractivity (Wildman–Crippen MR) is 138 cm³/mol. The Morgan fingerprint density at radius 3 is 2.47 bits per heavy atom. The van der Waals surface area contributed by atoms with Gasteiger partial charge in [-0.25, -0.2) is 9.36 Å². The Balaban J connectivity index is 1.59. The monoisotopic (exact) mass is 489 g/mol. The molecule has 0 aliphatic rings. The lowest BCUT2D eigenvalue weighted by molar-refractivity contribution is -0.124. The van der Waals surface area contributed by atoms with Gasteiger partial charge in [0, 0.05) is 12.6 Å². The van der Waals surface area contributed by atoms with Gasteiger partial charge in [0.15, 0.2) is 0 Å². The quantitative estimate of drug-likeness (QED) is 0.386. The highest BCUT2D eigenvalue weighted by molar-refractivity contribution is 5.84. The number of benzene rings is 2. The van der Waals surface area contributed by atoms with Gasteiger partial charge < -0.3 is 14.8 Å². The molecule has 4 aromatic rings. The molecule has 9 nitrogen and oxygen atoms in total. The van der Waals surface area contributed by atoms with Crippen molar-refractivity contribution in [3.05, 3.63) is 75.8 Å². The Kier molecular flexibility index (Phi) is 7.38. The number of hydrogen-bond acceptors (Lipinski definition) is 6. The summed E-state index contributed by atoms with van der Waals surface area (Å²) in [7, 11) is 3.20. The smallest absolute Gasteiger partial charge is 0.278 e. The fraction of sp³-hybridized carbons (Fsp3) is 0.333. The molecule has 2 aromatic carbocycles. The molecule has 0 saturated carbocycles. The van der Waals surface area contributed by atoms with E-state index in [2.05, 4.69) is 15.5 Å². The highest BCUT2D eigenvalue weighted by atomic mass is 16.5. The number of methoxy groups -OCH3 is 2. The Hall–Kier alpha value is -4.14. The summed E-state index contributed by atoms with van der Waals surface area (Å²) in [4.78, 5) is 26.7. The summed E-state index contributed by atoms with van der Waals surface area (Å²) in [5.74, 6) is 1.14. The van der Waals surface area contributed by atoms with Crippen LogP contribution in [-0.4, -0.2) is 46.2 Å². The third-order valence-corrected chi connectivity index (χ3v) is 6.31. The van der Waals surface area contributed by atoms with Crippen molar-refractivity contribution in [2.75, 3.05) is 20.8 Å². The van der Waals surface area contributed by atoms with Crippen LogP contribution in [0.25, 0.3) is 16.6 Å². The molecule has 188 valence electrons. The van der Waals surface area contributed by atoms with Crippen molar-refractivity contribution in [1.29, 1.82) is 0 Å². The molecule has 1 atom stereocenters. The molecule has 0 aliphatic heterocycles. The van der Waals surface area contributed by atoms with Crippen molar-refractivity contribution < 1.29 is 14.3 Å². The molecular weight excluding hydrogens is 458 g/mol. The van der Waals surface area contributed by atoms with Crippen molar-refractivity contribution in [3.8, 4) is 17.2 Å². The highest BCUT2D eigenvalue weighted by Gasteiger charge is 2.25. The minimum absolute atomic E-state index is 0.258. The van der Waals surface area contributed by atoms with Crippen LogP contribution in [0.5, 0.6) is 11.5 Å². The van der Waals surface area contributed by atoms with Crippen molar-refractivity contribution in [2.45, 2.75) is 39.7 Å². The van der Waals surface area contributed by atoms with Crippen molar-refractivity contribution in [1.82, 2.24) is 24.9 Å². The number of amides is 1. The van der Waals surface area contributed by atoms with Crippen LogP contribution >= 0.6 is 0 Å². The molecule has 0 aliphatic carbocycles. The van der Waals surface area contributed by atoms with Gasteiger partial charge in [0.25, 0.3) is 5.56 Å². The number of hydrogen-bond donors (Lipinski definition) is 1. The number of carbonyl (C=O) groups excluding carboxylic acids is 1. The van der Waals surface area contributed by atoms with Crippen molar-refractivity contribution in [2.24, 2.45) is 0 Å². The average Bonchev–Trinajstić information content (AvgIpc) is 3.25. The second-order valence-corrected chi connectivity index (χ2v) is 8.53. The third-order valence-electron chi connectivity index (χ3n) is 6.31. The van der Waals surface area contributed by atoms with Crippen LogP contribution in [0.15, 0.2) is 53.3 Å². The third kappa shape index (κ3) is 4.68. The van der Waals surface area contributed by atoms with Crippen LogP contribution in [-0.2, 0) is 11.2 Å². The first-order chi connectivity index (χ1) is 17.4. The SMILES string of the molecule is CC[C@@H](C(=O)NCCc1ccc(OC)cc1OC)n1nc(C)c2nn(-c3ccccc3)c(C)c2c1=O. The maximum atomic E-state index is 13.5. The molecule has 2 heterocycles. The molecule has 1 N–H and O–H groups in total. The minimum atomic E-state index is -0.738. The standard InChI is InChI=1S/C27H31N5O4/c1-6-22(26(33)28-15-14-19-12-13-21(35-4)16-23(19)36-5)32-27(34)24-18(3)31(20-10-8-7-9-11-20)30-25(24)17(2)29-32/h7-13,16,22H,6,14-15H2,1-5H3,(H,28,33)/t22-/m0/s1. The van der Waals surface area contributed by atoms with E-state index in [0.29, 0.717) is 53.2 Å². The average molecular weight is 490 g/mol. The Bertz CT molecular complexity index is 1440. The van der Waals surface area contributed by atoms with Gasteiger partial charge >= 0.3 is 0 Å². The van der Waals surface area contributed by atoms with Gasteiger partial charge in [-0.1, -0.05) is 31.2 Å². The first-order valence-corrected chi connectivity index (χ1v) is 11.9. The van der Waals surface area contributed by atoms with Crippen molar-refractivity contribution >= 4 is 16.8 Å². The van der Waals surface area contributed by atoms with E-state index in [4.69, 9.17) is 9.47 Å². The molecule has 0 bridgehead atoms. The van der Waals surface area contributed by atoms with E-state index >= 15 is 0 Å². The second kappa shape index (κ2) is 10.6. The summed E-state index contributed by atoms with van der Waals surface area (Å²) in [6, 6.07) is 14.5. The van der Waals surface area contributed by atoms with Gasteiger partial charge in [0.2, 0.25) is 5.91 Å². The zero-order valence-electron chi connectivity index (χ0n) is 21.2. The first-order valence-electron chi connectivity index (χ1n) is 11.9. The lowest BCUT2D eigenvalue weighted by Gasteiger charge is -2.18. The lowest BCUT2D eigenvalue weighted by atomic mass is 10.1. The normalized spacial score (nSPS) is 11.9. The molecule has 0 fully saturated rings. The second-order valence-electron chi connectivity index (χ2n) is 8.53. The number of aryl methyl sites for hydroxylation is 2. The van der Waals surface area contributed by atoms with Crippen LogP contribution in [0.3, 0.4) is 0 Å². The van der Waals surface area contributed by atoms with Crippen LogP contribution in [0.1, 0.15) is 36.3 Å². The summed E-state index contributed by atoms with van der Waals surface area (Å²) in [5, 5.41) is 12.6. The van der Waals surface area contributed by atoms with Gasteiger partial charge in [-0.05, 0) is 50.5 Å². The van der Waals surface area contributed by atoms with E-state index in [9.17, 15) is 9.59 Å². The summed E-state index contributed by atoms with van der Waals surface area (Å²) in [5.41, 5.74) is 3.32. The number of fused-ring (bicyclic) bond motifs is 1. The molecule has 0 spiro atoms. The van der Waals surface area contributed by atoms with Gasteiger partial charge in [-0.2, -0.15) is 10.2 Å². The topological polar surface area (TPSA) is 100 Å². The Morgan fingerprint density at radius 2 is 1.81 bits per heavy atom. The number of nitrogens with one attached hydrogen (secondary N) is 1. The van der Waals surface area contributed by atoms with E-state index in [-0.39, 0.29) is 11.5 Å². The fourth-order valence-electron chi connectivity index (χ4n) is 4.38. The predicted octanol–water partition coefficient (Wildman–Crippen LogP) is 3.53. The zero-order chi connectivity index (χ0) is 25.8. The largest absolute Gasteiger partial charge is 0.497 e. The van der Waals surface area contributed by atoms with Gasteiger partial charge in [0.05, 0.1) is 36.7 Å². The number of para-hydroxylation sites is 1. The van der Waals surface area contributed by atoms with Crippen LogP contribution in [0, 0.1) is 13.8 Å². The van der Waals surface area contributed by atoms with Crippen LogP contribution < -0.4 is 20.3 Å². The molecule has 0 radical (unpaired) electrons. The van der Waals surface area contributed by atoms with E-state index in [1.54, 1.807) is 25.8 Å². The van der Waals surface area contributed by atoms with E-state index in [0.717, 1.165) is 11.3 Å². The molecule has 9 heteroatoms. The van der Waals surface area contributed by atoms with E-state index in [1.165, 1.54) is 4.68 Å². The van der Waals surface area contributed by atoms with E-state index < -0.39 is 6.04 Å². The number of aromatic nitrogens is 4. The highest BCUT2D eigenvalue weighted by Crippen LogP contribution is 2.25. The van der Waals surface area contributed by atoms with Crippen LogP contribution in [0.4, 0.5) is 0 Å². The van der Waals surface area contributed by atoms with Crippen LogP contribution in [0.2, 0.25) is 0 Å². The summed E-state index contributed by atoms with van der Waals surface area (Å²) in [6.45, 7) is 5.92. The van der Waals surface area contributed by atoms with E-state index in [1.807, 2.05) is 62.4 Å². The number of ether oxygens (including phenoxy) is 2. The Labute approximate surface area is 209 Å². The molecule has 36 heavy (non-hydrogen) atoms. The summed E-state index contributed by atoms with van der Waals surface area (Å²) < 4.78 is 13.7. The maximum absolute atomic E-state index is 13.5. The number of rotatable bonds is 9. The molecule has 1 amide bonds. The van der Waals surface area contributed by atoms with Crippen molar-refractivity contribution in [3.63, 3.8) is 0 Å². The molecule has 0 saturated heterocycles. The molecular formula is C27H31N5O4. The van der Waals surface area contributed by atoms with Gasteiger partial charge in [0.1, 0.15) is 23.1 Å². The summed E-state index contributed by atoms with van der Waals surface area (Å²) in [6.07, 6.45) is 0.986. The number of carbonyl (C=O) groups is 1. The molecule has 4 rings (SSSR count). The first kappa shape index (κ1) is 25.0.